The zero-order valence-electron chi connectivity index (χ0n) is 14.5. The summed E-state index contributed by atoms with van der Waals surface area (Å²) in [4.78, 5) is 4.28. The molecule has 1 heterocycles. The number of nitrogens with zero attached hydrogens (tertiary/aromatic N) is 5. The Labute approximate surface area is 147 Å². The summed E-state index contributed by atoms with van der Waals surface area (Å²) in [5, 5.41) is 14.0. The molecule has 1 N–H and O–H groups in total. The Morgan fingerprint density at radius 2 is 2.04 bits per heavy atom. The van der Waals surface area contributed by atoms with Crippen LogP contribution in [-0.2, 0) is 19.8 Å². The SMILES string of the molecule is CN(Cc1cccc(N(C)C)c1)Cn1nc(CO)n(C2CC2)c1=S. The Bertz CT molecular complexity index is 763. The lowest BCUT2D eigenvalue weighted by molar-refractivity contribution is 0.238. The van der Waals surface area contributed by atoms with Crippen LogP contribution in [0, 0.1) is 4.77 Å². The minimum atomic E-state index is -0.0677. The third-order valence-electron chi connectivity index (χ3n) is 4.25. The van der Waals surface area contributed by atoms with Crippen LogP contribution in [-0.4, -0.2) is 45.5 Å². The summed E-state index contributed by atoms with van der Waals surface area (Å²) >= 11 is 5.55. The fourth-order valence-electron chi connectivity index (χ4n) is 2.89. The molecule has 0 aliphatic heterocycles. The largest absolute Gasteiger partial charge is 0.388 e. The van der Waals surface area contributed by atoms with E-state index in [9.17, 15) is 5.11 Å². The summed E-state index contributed by atoms with van der Waals surface area (Å²) in [6.07, 6.45) is 2.25. The highest BCUT2D eigenvalue weighted by atomic mass is 32.1. The monoisotopic (exact) mass is 347 g/mol. The maximum Gasteiger partial charge on any atom is 0.199 e. The van der Waals surface area contributed by atoms with Crippen molar-refractivity contribution >= 4 is 17.9 Å². The van der Waals surface area contributed by atoms with Crippen molar-refractivity contribution < 1.29 is 5.11 Å². The Balaban J connectivity index is 1.72. The van der Waals surface area contributed by atoms with Crippen LogP contribution in [0.25, 0.3) is 0 Å². The van der Waals surface area contributed by atoms with Gasteiger partial charge in [0, 0.05) is 32.4 Å². The third kappa shape index (κ3) is 3.68. The van der Waals surface area contributed by atoms with Gasteiger partial charge in [0.2, 0.25) is 0 Å². The van der Waals surface area contributed by atoms with Crippen molar-refractivity contribution in [1.29, 1.82) is 0 Å². The quantitative estimate of drug-likeness (QED) is 0.780. The van der Waals surface area contributed by atoms with Crippen LogP contribution in [0.4, 0.5) is 5.69 Å². The van der Waals surface area contributed by atoms with E-state index >= 15 is 0 Å². The van der Waals surface area contributed by atoms with E-state index in [1.165, 1.54) is 11.3 Å². The molecule has 0 bridgehead atoms. The zero-order valence-corrected chi connectivity index (χ0v) is 15.3. The van der Waals surface area contributed by atoms with Crippen molar-refractivity contribution in [2.24, 2.45) is 0 Å². The van der Waals surface area contributed by atoms with Gasteiger partial charge in [0.15, 0.2) is 10.6 Å². The van der Waals surface area contributed by atoms with Crippen molar-refractivity contribution in [3.8, 4) is 0 Å². The van der Waals surface area contributed by atoms with Gasteiger partial charge in [0.1, 0.15) is 6.61 Å². The van der Waals surface area contributed by atoms with Crippen LogP contribution in [0.3, 0.4) is 0 Å². The van der Waals surface area contributed by atoms with Gasteiger partial charge in [-0.15, -0.1) is 0 Å². The first kappa shape index (κ1) is 17.1. The second-order valence-corrected chi connectivity index (χ2v) is 7.04. The van der Waals surface area contributed by atoms with E-state index in [2.05, 4.69) is 46.2 Å². The van der Waals surface area contributed by atoms with Gasteiger partial charge >= 0.3 is 0 Å². The molecule has 130 valence electrons. The molecule has 0 spiro atoms. The molecule has 0 unspecified atom stereocenters. The van der Waals surface area contributed by atoms with Gasteiger partial charge in [-0.05, 0) is 49.8 Å². The van der Waals surface area contributed by atoms with Crippen molar-refractivity contribution in [3.63, 3.8) is 0 Å². The highest BCUT2D eigenvalue weighted by Crippen LogP contribution is 2.36. The molecule has 1 saturated carbocycles. The number of aliphatic hydroxyl groups is 1. The number of aromatic nitrogens is 3. The van der Waals surface area contributed by atoms with Crippen molar-refractivity contribution in [2.75, 3.05) is 26.0 Å². The Kier molecular flexibility index (Phi) is 5.03. The van der Waals surface area contributed by atoms with E-state index < -0.39 is 0 Å². The average molecular weight is 347 g/mol. The standard InChI is InChI=1S/C17H25N5OS/c1-19(2)15-6-4-5-13(9-15)10-20(3)12-21-17(24)22(14-7-8-14)16(11-23)18-21/h4-6,9,14,23H,7-8,10-12H2,1-3H3. The lowest BCUT2D eigenvalue weighted by Crippen LogP contribution is -2.23. The van der Waals surface area contributed by atoms with Crippen LogP contribution in [0.5, 0.6) is 0 Å². The number of aliphatic hydroxyl groups excluding tert-OH is 1. The van der Waals surface area contributed by atoms with E-state index in [1.54, 1.807) is 0 Å². The molecule has 2 aromatic rings. The molecule has 0 amide bonds. The normalized spacial score (nSPS) is 14.4. The van der Waals surface area contributed by atoms with Gasteiger partial charge in [-0.1, -0.05) is 12.1 Å². The molecule has 7 heteroatoms. The van der Waals surface area contributed by atoms with E-state index in [-0.39, 0.29) is 6.61 Å². The van der Waals surface area contributed by atoms with Gasteiger partial charge in [0.05, 0.1) is 6.67 Å². The third-order valence-corrected chi connectivity index (χ3v) is 4.66. The predicted octanol–water partition coefficient (Wildman–Crippen LogP) is 2.40. The summed E-state index contributed by atoms with van der Waals surface area (Å²) < 4.78 is 4.53. The van der Waals surface area contributed by atoms with E-state index in [0.29, 0.717) is 23.3 Å². The topological polar surface area (TPSA) is 49.5 Å². The summed E-state index contributed by atoms with van der Waals surface area (Å²) in [5.41, 5.74) is 2.44. The highest BCUT2D eigenvalue weighted by molar-refractivity contribution is 7.71. The van der Waals surface area contributed by atoms with Gasteiger partial charge in [0.25, 0.3) is 0 Å². The fourth-order valence-corrected chi connectivity index (χ4v) is 3.24. The first-order chi connectivity index (χ1) is 11.5. The molecular weight excluding hydrogens is 322 g/mol. The van der Waals surface area contributed by atoms with Crippen molar-refractivity contribution in [2.45, 2.75) is 38.7 Å². The highest BCUT2D eigenvalue weighted by Gasteiger charge is 2.28. The van der Waals surface area contributed by atoms with E-state index in [0.717, 1.165) is 19.4 Å². The van der Waals surface area contributed by atoms with Gasteiger partial charge in [-0.25, -0.2) is 4.68 Å². The summed E-state index contributed by atoms with van der Waals surface area (Å²) in [7, 11) is 6.14. The Hall–Kier alpha value is -1.70. The van der Waals surface area contributed by atoms with Gasteiger partial charge in [-0.3, -0.25) is 9.47 Å². The molecule has 1 aliphatic carbocycles. The molecule has 3 rings (SSSR count). The molecule has 1 aliphatic rings. The number of benzene rings is 1. The number of hydrogen-bond donors (Lipinski definition) is 1. The number of hydrogen-bond acceptors (Lipinski definition) is 5. The maximum atomic E-state index is 9.52. The molecular formula is C17H25N5OS. The van der Waals surface area contributed by atoms with Crippen LogP contribution in [0.2, 0.25) is 0 Å². The maximum absolute atomic E-state index is 9.52. The fraction of sp³-hybridized carbons (Fsp3) is 0.529. The zero-order chi connectivity index (χ0) is 17.3. The van der Waals surface area contributed by atoms with Crippen LogP contribution in [0.15, 0.2) is 24.3 Å². The Morgan fingerprint density at radius 1 is 1.29 bits per heavy atom. The second kappa shape index (κ2) is 7.04. The molecule has 0 saturated heterocycles. The molecule has 0 atom stereocenters. The first-order valence-electron chi connectivity index (χ1n) is 8.23. The molecule has 1 aromatic heterocycles. The second-order valence-electron chi connectivity index (χ2n) is 6.68. The minimum absolute atomic E-state index is 0.0677. The molecule has 24 heavy (non-hydrogen) atoms. The summed E-state index contributed by atoms with van der Waals surface area (Å²) in [6, 6.07) is 8.93. The number of rotatable bonds is 7. The van der Waals surface area contributed by atoms with Crippen molar-refractivity contribution in [1.82, 2.24) is 19.2 Å². The van der Waals surface area contributed by atoms with E-state index in [4.69, 9.17) is 12.2 Å². The molecule has 1 fully saturated rings. The predicted molar refractivity (Wildman–Crippen MR) is 97.5 cm³/mol. The lowest BCUT2D eigenvalue weighted by Gasteiger charge is -2.18. The molecule has 1 aromatic carbocycles. The lowest BCUT2D eigenvalue weighted by atomic mass is 10.2. The minimum Gasteiger partial charge on any atom is -0.388 e. The van der Waals surface area contributed by atoms with Crippen LogP contribution >= 0.6 is 12.2 Å². The average Bonchev–Trinajstić information content (AvgIpc) is 3.33. The van der Waals surface area contributed by atoms with Gasteiger partial charge in [-0.2, -0.15) is 5.10 Å². The smallest absolute Gasteiger partial charge is 0.199 e. The first-order valence-corrected chi connectivity index (χ1v) is 8.64. The summed E-state index contributed by atoms with van der Waals surface area (Å²) in [6.45, 7) is 1.35. The molecule has 0 radical (unpaired) electrons. The van der Waals surface area contributed by atoms with Crippen LogP contribution < -0.4 is 4.90 Å². The van der Waals surface area contributed by atoms with E-state index in [1.807, 2.05) is 23.3 Å². The Morgan fingerprint density at radius 3 is 2.67 bits per heavy atom. The van der Waals surface area contributed by atoms with Crippen LogP contribution in [0.1, 0.15) is 30.3 Å². The summed E-state index contributed by atoms with van der Waals surface area (Å²) in [5.74, 6) is 0.672. The van der Waals surface area contributed by atoms with Crippen molar-refractivity contribution in [3.05, 3.63) is 40.4 Å². The molecule has 6 nitrogen and oxygen atoms in total. The van der Waals surface area contributed by atoms with Gasteiger partial charge < -0.3 is 10.0 Å². The number of anilines is 1.